The smallest absolute Gasteiger partial charge is 0.407 e. The molecular formula is C18H33N3O5Si. The number of carbonyl (C=O) groups is 2. The molecule has 27 heavy (non-hydrogen) atoms. The van der Waals surface area contributed by atoms with Gasteiger partial charge in [-0.15, -0.1) is 0 Å². The molecule has 0 spiro atoms. The van der Waals surface area contributed by atoms with E-state index in [0.717, 1.165) is 0 Å². The number of ether oxygens (including phenoxy) is 1. The first kappa shape index (κ1) is 24.9. The Balaban J connectivity index is 5.04. The Morgan fingerprint density at radius 2 is 1.96 bits per heavy atom. The second-order valence-corrected chi connectivity index (χ2v) is 12.5. The molecule has 0 aromatic rings. The molecule has 0 saturated heterocycles. The molecule has 0 aromatic heterocycles. The number of alkyl carbamates (subject to hydrolysis) is 1. The molecule has 0 bridgehead atoms. The summed E-state index contributed by atoms with van der Waals surface area (Å²) < 4.78 is 11.2. The third-order valence-electron chi connectivity index (χ3n) is 4.57. The molecule has 2 unspecified atom stereocenters. The topological polar surface area (TPSA) is 121 Å². The molecule has 2 amide bonds. The van der Waals surface area contributed by atoms with Crippen LogP contribution in [0.5, 0.6) is 0 Å². The highest BCUT2D eigenvalue weighted by molar-refractivity contribution is 6.74. The SMILES string of the molecule is C=CCOC(=O)NC(CCCCNC(=O)O)C(C#N)O[Si](C)(C)C(C)(C)C. The van der Waals surface area contributed by atoms with Crippen molar-refractivity contribution >= 4 is 20.5 Å². The Morgan fingerprint density at radius 1 is 1.33 bits per heavy atom. The van der Waals surface area contributed by atoms with Crippen LogP contribution in [-0.4, -0.2) is 50.9 Å². The van der Waals surface area contributed by atoms with Crippen LogP contribution in [0.15, 0.2) is 12.7 Å². The summed E-state index contributed by atoms with van der Waals surface area (Å²) in [6.07, 6.45) is 0.610. The van der Waals surface area contributed by atoms with Gasteiger partial charge in [0.1, 0.15) is 6.61 Å². The minimum Gasteiger partial charge on any atom is -0.465 e. The van der Waals surface area contributed by atoms with Gasteiger partial charge in [-0.2, -0.15) is 5.26 Å². The Kier molecular flexibility index (Phi) is 10.7. The van der Waals surface area contributed by atoms with Gasteiger partial charge in [0.25, 0.3) is 0 Å². The van der Waals surface area contributed by atoms with Crippen LogP contribution < -0.4 is 10.6 Å². The number of nitriles is 1. The second-order valence-electron chi connectivity index (χ2n) is 7.79. The van der Waals surface area contributed by atoms with Crippen LogP contribution in [0.25, 0.3) is 0 Å². The van der Waals surface area contributed by atoms with Crippen LogP contribution in [0, 0.1) is 11.3 Å². The molecular weight excluding hydrogens is 366 g/mol. The van der Waals surface area contributed by atoms with E-state index in [9.17, 15) is 14.9 Å². The molecule has 0 radical (unpaired) electrons. The molecule has 0 saturated carbocycles. The van der Waals surface area contributed by atoms with Gasteiger partial charge < -0.3 is 24.9 Å². The zero-order valence-electron chi connectivity index (χ0n) is 17.0. The summed E-state index contributed by atoms with van der Waals surface area (Å²) in [6.45, 7) is 14.2. The quantitative estimate of drug-likeness (QED) is 0.277. The fraction of sp³-hybridized carbons (Fsp3) is 0.722. The Hall–Kier alpha value is -2.05. The Labute approximate surface area is 163 Å². The average molecular weight is 400 g/mol. The highest BCUT2D eigenvalue weighted by atomic mass is 28.4. The lowest BCUT2D eigenvalue weighted by molar-refractivity contribution is 0.132. The van der Waals surface area contributed by atoms with Crippen molar-refractivity contribution in [2.24, 2.45) is 0 Å². The minimum absolute atomic E-state index is 0.0708. The van der Waals surface area contributed by atoms with Crippen molar-refractivity contribution in [3.8, 4) is 6.07 Å². The number of unbranched alkanes of at least 4 members (excludes halogenated alkanes) is 1. The lowest BCUT2D eigenvalue weighted by Crippen LogP contribution is -2.51. The van der Waals surface area contributed by atoms with Gasteiger partial charge in [0.15, 0.2) is 14.4 Å². The molecule has 3 N–H and O–H groups in total. The van der Waals surface area contributed by atoms with Crippen LogP contribution in [0.3, 0.4) is 0 Å². The number of carbonyl (C=O) groups excluding carboxylic acids is 1. The van der Waals surface area contributed by atoms with E-state index in [1.807, 2.05) is 13.1 Å². The first-order valence-electron chi connectivity index (χ1n) is 9.03. The molecule has 9 heteroatoms. The third-order valence-corrected chi connectivity index (χ3v) is 9.03. The fourth-order valence-corrected chi connectivity index (χ4v) is 3.21. The summed E-state index contributed by atoms with van der Waals surface area (Å²) in [7, 11) is -2.22. The van der Waals surface area contributed by atoms with E-state index in [4.69, 9.17) is 14.3 Å². The van der Waals surface area contributed by atoms with Crippen molar-refractivity contribution in [3.63, 3.8) is 0 Å². The van der Waals surface area contributed by atoms with E-state index >= 15 is 0 Å². The van der Waals surface area contributed by atoms with E-state index in [-0.39, 0.29) is 11.6 Å². The zero-order valence-corrected chi connectivity index (χ0v) is 18.0. The van der Waals surface area contributed by atoms with E-state index in [2.05, 4.69) is 44.1 Å². The highest BCUT2D eigenvalue weighted by Crippen LogP contribution is 2.37. The fourth-order valence-electron chi connectivity index (χ4n) is 2.00. The number of nitrogens with zero attached hydrogens (tertiary/aromatic N) is 1. The standard InChI is InChI=1S/C18H33N3O5Si/c1-7-12-25-17(24)21-14(10-8-9-11-20-16(22)23)15(13-19)26-27(5,6)18(2,3)4/h7,14-15,20H,1,8-12H2,2-6H3,(H,21,24)(H,22,23). The number of carboxylic acid groups (broad SMARTS) is 1. The van der Waals surface area contributed by atoms with Crippen LogP contribution in [0.2, 0.25) is 18.1 Å². The third kappa shape index (κ3) is 10.0. The molecule has 0 aromatic carbocycles. The van der Waals surface area contributed by atoms with Crippen molar-refractivity contribution in [1.29, 1.82) is 5.26 Å². The maximum Gasteiger partial charge on any atom is 0.407 e. The first-order chi connectivity index (χ1) is 12.4. The normalized spacial score (nSPS) is 13.8. The summed E-state index contributed by atoms with van der Waals surface area (Å²) in [4.78, 5) is 22.4. The van der Waals surface area contributed by atoms with Crippen molar-refractivity contribution in [2.75, 3.05) is 13.2 Å². The average Bonchev–Trinajstić information content (AvgIpc) is 2.55. The maximum atomic E-state index is 11.9. The number of hydrogen-bond donors (Lipinski definition) is 3. The van der Waals surface area contributed by atoms with Crippen molar-refractivity contribution in [2.45, 2.75) is 70.3 Å². The minimum atomic E-state index is -2.22. The van der Waals surface area contributed by atoms with Gasteiger partial charge in [0.05, 0.1) is 12.1 Å². The summed E-state index contributed by atoms with van der Waals surface area (Å²) in [5.74, 6) is 0. The molecule has 0 rings (SSSR count). The van der Waals surface area contributed by atoms with Gasteiger partial charge in [-0.05, 0) is 37.4 Å². The van der Waals surface area contributed by atoms with E-state index in [1.165, 1.54) is 6.08 Å². The monoisotopic (exact) mass is 399 g/mol. The van der Waals surface area contributed by atoms with Crippen LogP contribution in [-0.2, 0) is 9.16 Å². The van der Waals surface area contributed by atoms with Gasteiger partial charge in [0, 0.05) is 6.54 Å². The number of amides is 2. The second kappa shape index (κ2) is 11.6. The molecule has 0 aliphatic rings. The van der Waals surface area contributed by atoms with E-state index < -0.39 is 32.6 Å². The van der Waals surface area contributed by atoms with E-state index in [1.54, 1.807) is 0 Å². The first-order valence-corrected chi connectivity index (χ1v) is 11.9. The van der Waals surface area contributed by atoms with Crippen LogP contribution in [0.4, 0.5) is 9.59 Å². The summed E-state index contributed by atoms with van der Waals surface area (Å²) in [6, 6.07) is 1.61. The molecule has 154 valence electrons. The highest BCUT2D eigenvalue weighted by Gasteiger charge is 2.41. The number of hydrogen-bond acceptors (Lipinski definition) is 5. The van der Waals surface area contributed by atoms with Gasteiger partial charge in [-0.25, -0.2) is 9.59 Å². The van der Waals surface area contributed by atoms with Gasteiger partial charge >= 0.3 is 12.2 Å². The molecule has 8 nitrogen and oxygen atoms in total. The van der Waals surface area contributed by atoms with E-state index in [0.29, 0.717) is 25.8 Å². The molecule has 0 fully saturated rings. The zero-order chi connectivity index (χ0) is 21.1. The van der Waals surface area contributed by atoms with Crippen molar-refractivity contribution in [1.82, 2.24) is 10.6 Å². The lowest BCUT2D eigenvalue weighted by atomic mass is 10.0. The maximum absolute atomic E-state index is 11.9. The van der Waals surface area contributed by atoms with Crippen molar-refractivity contribution in [3.05, 3.63) is 12.7 Å². The Bertz CT molecular complexity index is 540. The molecule has 0 heterocycles. The van der Waals surface area contributed by atoms with Gasteiger partial charge in [-0.3, -0.25) is 0 Å². The largest absolute Gasteiger partial charge is 0.465 e. The number of rotatable bonds is 11. The predicted molar refractivity (Wildman–Crippen MR) is 106 cm³/mol. The summed E-state index contributed by atoms with van der Waals surface area (Å²) >= 11 is 0. The predicted octanol–water partition coefficient (Wildman–Crippen LogP) is 3.62. The summed E-state index contributed by atoms with van der Waals surface area (Å²) in [5.41, 5.74) is 0. The van der Waals surface area contributed by atoms with Gasteiger partial charge in [-0.1, -0.05) is 33.4 Å². The Morgan fingerprint density at radius 3 is 2.44 bits per heavy atom. The number of nitrogens with one attached hydrogen (secondary N) is 2. The van der Waals surface area contributed by atoms with Crippen LogP contribution >= 0.6 is 0 Å². The van der Waals surface area contributed by atoms with Gasteiger partial charge in [0.2, 0.25) is 0 Å². The lowest BCUT2D eigenvalue weighted by Gasteiger charge is -2.39. The molecule has 0 aliphatic heterocycles. The molecule has 2 atom stereocenters. The summed E-state index contributed by atoms with van der Waals surface area (Å²) in [5, 5.41) is 23.2. The molecule has 0 aliphatic carbocycles. The van der Waals surface area contributed by atoms with Crippen molar-refractivity contribution < 1.29 is 23.9 Å². The van der Waals surface area contributed by atoms with Crippen LogP contribution in [0.1, 0.15) is 40.0 Å².